The molecule has 2 heterocycles. The fraction of sp³-hybridized carbons (Fsp3) is 0.188. The van der Waals surface area contributed by atoms with Crippen LogP contribution in [-0.4, -0.2) is 54.2 Å². The normalized spacial score (nSPS) is 12.7. The Kier molecular flexibility index (Phi) is 23.3. The van der Waals surface area contributed by atoms with Crippen LogP contribution in [0, 0.1) is 0 Å². The number of amides is 2. The van der Waals surface area contributed by atoms with E-state index >= 15 is 0 Å². The Labute approximate surface area is 573 Å². The minimum absolute atomic E-state index is 0. The number of carbonyl (C=O) groups is 4. The van der Waals surface area contributed by atoms with E-state index < -0.39 is 55.6 Å². The number of benzene rings is 8. The van der Waals surface area contributed by atoms with Gasteiger partial charge in [-0.25, -0.2) is 26.3 Å². The van der Waals surface area contributed by atoms with Crippen molar-refractivity contribution in [1.29, 1.82) is 0 Å². The molecule has 0 fully saturated rings. The molecule has 20 heteroatoms. The Morgan fingerprint density at radius 2 is 0.774 bits per heavy atom. The number of carboxylic acids is 2. The first kappa shape index (κ1) is 65.6. The smallest absolute Gasteiger partial charge is 0.545 e. The van der Waals surface area contributed by atoms with Crippen LogP contribution in [0.4, 0.5) is 0 Å². The van der Waals surface area contributed by atoms with Gasteiger partial charge in [-0.05, 0) is 130 Å². The van der Waals surface area contributed by atoms with Crippen LogP contribution in [0.3, 0.4) is 0 Å². The molecule has 0 aromatic heterocycles. The van der Waals surface area contributed by atoms with E-state index in [1.807, 2.05) is 13.8 Å². The molecular weight excluding hydrogens is 1160 g/mol. The van der Waals surface area contributed by atoms with Crippen LogP contribution < -0.4 is 141 Å². The van der Waals surface area contributed by atoms with Crippen molar-refractivity contribution in [3.8, 4) is 45.3 Å². The van der Waals surface area contributed by atoms with E-state index in [4.69, 9.17) is 18.9 Å². The molecule has 2 N–H and O–H groups in total. The first-order valence-corrected chi connectivity index (χ1v) is 29.4. The summed E-state index contributed by atoms with van der Waals surface area (Å²) in [7, 11) is -8.24. The number of carbonyl (C=O) groups excluding carboxylic acids is 4. The number of aromatic carboxylic acids is 2. The van der Waals surface area contributed by atoms with E-state index in [9.17, 15) is 46.2 Å². The van der Waals surface area contributed by atoms with Crippen LogP contribution >= 0.6 is 0 Å². The van der Waals surface area contributed by atoms with Crippen molar-refractivity contribution in [2.75, 3.05) is 13.6 Å². The van der Waals surface area contributed by atoms with Gasteiger partial charge < -0.3 is 38.7 Å². The molecule has 420 valence electrons. The van der Waals surface area contributed by atoms with Gasteiger partial charge in [-0.2, -0.15) is 0 Å². The molecule has 2 amide bonds. The second-order valence-electron chi connectivity index (χ2n) is 19.5. The molecule has 16 nitrogen and oxygen atoms in total. The van der Waals surface area contributed by atoms with Crippen molar-refractivity contribution in [2.24, 2.45) is 0 Å². The van der Waals surface area contributed by atoms with Gasteiger partial charge >= 0.3 is 103 Å². The molecule has 8 aromatic carbocycles. The van der Waals surface area contributed by atoms with E-state index in [0.717, 1.165) is 47.9 Å². The van der Waals surface area contributed by atoms with Crippen LogP contribution in [0.25, 0.3) is 22.3 Å². The summed E-state index contributed by atoms with van der Waals surface area (Å²) >= 11 is 0. The summed E-state index contributed by atoms with van der Waals surface area (Å²) in [6.45, 7) is 4.21. The molecule has 0 spiro atoms. The first-order chi connectivity index (χ1) is 39.5. The molecule has 0 aliphatic carbocycles. The number of carboxylic acid groups (broad SMARTS) is 2. The van der Waals surface area contributed by atoms with E-state index in [1.165, 1.54) is 36.4 Å². The van der Waals surface area contributed by atoms with Crippen LogP contribution in [0.1, 0.15) is 92.6 Å². The summed E-state index contributed by atoms with van der Waals surface area (Å²) in [5.41, 5.74) is 7.18. The molecule has 2 aliphatic heterocycles. The van der Waals surface area contributed by atoms with Crippen LogP contribution in [-0.2, 0) is 55.3 Å². The topological polar surface area (TPSA) is 244 Å². The van der Waals surface area contributed by atoms with Gasteiger partial charge in [-0.3, -0.25) is 9.59 Å². The van der Waals surface area contributed by atoms with Gasteiger partial charge in [0, 0.05) is 11.1 Å². The van der Waals surface area contributed by atoms with Gasteiger partial charge in [0.05, 0.1) is 33.6 Å². The van der Waals surface area contributed by atoms with Crippen molar-refractivity contribution >= 4 is 43.8 Å². The third kappa shape index (κ3) is 16.3. The average molecular weight is 1220 g/mol. The predicted molar refractivity (Wildman–Crippen MR) is 302 cm³/mol. The molecule has 0 radical (unpaired) electrons. The van der Waals surface area contributed by atoms with E-state index in [2.05, 4.69) is 9.44 Å². The molecular formula is C64H56K2N2O14S2. The number of fused-ring (bicyclic) bond motifs is 2. The largest absolute Gasteiger partial charge is 1.00 e. The first-order valence-electron chi connectivity index (χ1n) is 26.4. The zero-order valence-electron chi connectivity index (χ0n) is 46.7. The molecule has 0 saturated carbocycles. The predicted octanol–water partition coefficient (Wildman–Crippen LogP) is 2.47. The third-order valence-corrected chi connectivity index (χ3v) is 16.7. The molecule has 8 aromatic rings. The monoisotopic (exact) mass is 1220 g/mol. The van der Waals surface area contributed by atoms with Gasteiger partial charge in [0.25, 0.3) is 20.0 Å². The maximum atomic E-state index is 13.6. The van der Waals surface area contributed by atoms with Gasteiger partial charge in [0.15, 0.2) is 23.0 Å². The van der Waals surface area contributed by atoms with Gasteiger partial charge in [0.1, 0.15) is 0 Å². The summed E-state index contributed by atoms with van der Waals surface area (Å²) in [6.07, 6.45) is 3.89. The summed E-state index contributed by atoms with van der Waals surface area (Å²) in [5, 5.41) is 23.1. The Morgan fingerprint density at radius 1 is 0.440 bits per heavy atom. The maximum absolute atomic E-state index is 13.6. The Balaban J connectivity index is 0.000000235. The number of rotatable bonds is 20. The summed E-state index contributed by atoms with van der Waals surface area (Å²) in [5.74, 6) is -3.63. The SMILES string of the molecule is CCCc1ccc(S(=O)(=O)NC(=O)C(Cc2ccc(-c3ccccc3C(=O)[O-])cc2)c2ccc3c(c2)OCO3)cc1.CCCc1ccc(S(=O)(=O)NC(=O)C(Cc2ccc(-c3ccccc3C(=O)[O-])cc2)c2ccc3c(c2)OCO3)cc1.[K+].[K+]. The Bertz CT molecular complexity index is 3630. The second-order valence-corrected chi connectivity index (χ2v) is 22.9. The number of aryl methyl sites for hydroxylation is 2. The number of hydrogen-bond acceptors (Lipinski definition) is 14. The molecule has 84 heavy (non-hydrogen) atoms. The Hall–Kier alpha value is -5.99. The van der Waals surface area contributed by atoms with E-state index in [1.54, 1.807) is 146 Å². The molecule has 10 rings (SSSR count). The third-order valence-electron chi connectivity index (χ3n) is 13.9. The minimum Gasteiger partial charge on any atom is -0.545 e. The number of sulfonamides is 2. The fourth-order valence-electron chi connectivity index (χ4n) is 9.69. The fourth-order valence-corrected chi connectivity index (χ4v) is 11.7. The Morgan fingerprint density at radius 3 is 1.12 bits per heavy atom. The number of nitrogens with one attached hydrogen (secondary N) is 2. The van der Waals surface area contributed by atoms with Crippen LogP contribution in [0.2, 0.25) is 0 Å². The quantitative estimate of drug-likeness (QED) is 0.104. The van der Waals surface area contributed by atoms with Crippen molar-refractivity contribution in [3.05, 3.63) is 226 Å². The molecule has 2 unspecified atom stereocenters. The van der Waals surface area contributed by atoms with Gasteiger partial charge in [-0.15, -0.1) is 0 Å². The van der Waals surface area contributed by atoms with Crippen LogP contribution in [0.15, 0.2) is 192 Å². The minimum atomic E-state index is -4.12. The van der Waals surface area contributed by atoms with Gasteiger partial charge in [0.2, 0.25) is 25.4 Å². The number of ether oxygens (including phenoxy) is 4. The maximum Gasteiger partial charge on any atom is 1.00 e. The van der Waals surface area contributed by atoms with E-state index in [-0.39, 0.29) is 150 Å². The summed E-state index contributed by atoms with van der Waals surface area (Å²) in [4.78, 5) is 50.3. The van der Waals surface area contributed by atoms with Crippen LogP contribution in [0.5, 0.6) is 23.0 Å². The molecule has 0 saturated heterocycles. The zero-order chi connectivity index (χ0) is 58.0. The zero-order valence-corrected chi connectivity index (χ0v) is 54.5. The van der Waals surface area contributed by atoms with Crippen molar-refractivity contribution in [1.82, 2.24) is 9.44 Å². The second kappa shape index (κ2) is 29.9. The summed E-state index contributed by atoms with van der Waals surface area (Å²) < 4.78 is 78.9. The van der Waals surface area contributed by atoms with E-state index in [0.29, 0.717) is 56.4 Å². The average Bonchev–Trinajstić information content (AvgIpc) is 4.30. The van der Waals surface area contributed by atoms with Gasteiger partial charge in [-0.1, -0.05) is 160 Å². The molecule has 2 aliphatic rings. The van der Waals surface area contributed by atoms with Crippen molar-refractivity contribution in [3.63, 3.8) is 0 Å². The van der Waals surface area contributed by atoms with Crippen molar-refractivity contribution in [2.45, 2.75) is 74.0 Å². The standard InChI is InChI=1S/2C32H29NO7S.2K/c2*1-2-5-21-10-15-25(16-11-21)41(37,38)33-31(34)28(24-14-17-29-30(19-24)40-20-39-29)18-22-8-12-23(13-9-22)26-6-3-4-7-27(26)32(35)36;;/h2*3-4,6-17,19,28H,2,5,18,20H2,1H3,(H,33,34)(H,35,36);;/q;;2*+1/p-2. The summed E-state index contributed by atoms with van der Waals surface area (Å²) in [6, 6.07) is 50.5. The number of hydrogen-bond donors (Lipinski definition) is 2. The molecule has 0 bridgehead atoms. The van der Waals surface area contributed by atoms with Crippen molar-refractivity contribution < 1.29 is 168 Å². The molecule has 2 atom stereocenters.